The van der Waals surface area contributed by atoms with Crippen molar-refractivity contribution < 1.29 is 9.57 Å². The van der Waals surface area contributed by atoms with Crippen molar-refractivity contribution >= 4 is 5.71 Å². The lowest BCUT2D eigenvalue weighted by molar-refractivity contribution is 0.00521. The Morgan fingerprint density at radius 1 is 1.85 bits per heavy atom. The number of hydrogen-bond acceptors (Lipinski definition) is 4. The topological polar surface area (TPSA) is 79.6 Å². The zero-order chi connectivity index (χ0) is 9.52. The molecule has 1 aliphatic heterocycles. The molecule has 1 aliphatic rings. The maximum Gasteiger partial charge on any atom is 0.156 e. The number of azide groups is 1. The molecule has 6 nitrogen and oxygen atoms in total. The third-order valence-corrected chi connectivity index (χ3v) is 1.58. The second-order valence-electron chi connectivity index (χ2n) is 2.79. The van der Waals surface area contributed by atoms with E-state index in [1.807, 2.05) is 6.92 Å². The lowest BCUT2D eigenvalue weighted by atomic mass is 10.2. The number of nitrogens with zero attached hydrogens (tertiary/aromatic N) is 4. The Labute approximate surface area is 76.1 Å². The summed E-state index contributed by atoms with van der Waals surface area (Å²) in [6.07, 6.45) is 0.854. The quantitative estimate of drug-likeness (QED) is 0.280. The molecule has 0 aromatic rings. The molecule has 0 aliphatic carbocycles. The predicted octanol–water partition coefficient (Wildman–Crippen LogP) is 1.48. The molecule has 1 heterocycles. The van der Waals surface area contributed by atoms with Gasteiger partial charge in [0.25, 0.3) is 0 Å². The van der Waals surface area contributed by atoms with Gasteiger partial charge < -0.3 is 9.57 Å². The largest absolute Gasteiger partial charge is 0.390 e. The molecule has 0 amide bonds. The molecule has 0 aromatic heterocycles. The molecule has 0 saturated heterocycles. The van der Waals surface area contributed by atoms with Crippen molar-refractivity contribution in [2.24, 2.45) is 10.3 Å². The van der Waals surface area contributed by atoms with Crippen LogP contribution >= 0.6 is 0 Å². The van der Waals surface area contributed by atoms with Crippen LogP contribution in [0.5, 0.6) is 0 Å². The Morgan fingerprint density at radius 3 is 3.31 bits per heavy atom. The van der Waals surface area contributed by atoms with E-state index in [0.29, 0.717) is 19.8 Å². The number of oxime groups is 1. The summed E-state index contributed by atoms with van der Waals surface area (Å²) in [6, 6.07) is 0. The van der Waals surface area contributed by atoms with Crippen LogP contribution in [-0.4, -0.2) is 31.6 Å². The number of ether oxygens (including phenoxy) is 1. The molecule has 0 spiro atoms. The van der Waals surface area contributed by atoms with Gasteiger partial charge in [0.15, 0.2) is 6.10 Å². The normalized spacial score (nSPS) is 20.4. The minimum Gasteiger partial charge on any atom is -0.390 e. The Bertz CT molecular complexity index is 235. The molecular weight excluding hydrogens is 172 g/mol. The molecule has 1 atom stereocenters. The highest BCUT2D eigenvalue weighted by molar-refractivity contribution is 5.82. The summed E-state index contributed by atoms with van der Waals surface area (Å²) in [7, 11) is 0. The van der Waals surface area contributed by atoms with Gasteiger partial charge >= 0.3 is 0 Å². The van der Waals surface area contributed by atoms with E-state index in [-0.39, 0.29) is 6.10 Å². The van der Waals surface area contributed by atoms with Gasteiger partial charge in [-0.2, -0.15) is 0 Å². The molecule has 13 heavy (non-hydrogen) atoms. The van der Waals surface area contributed by atoms with Crippen molar-refractivity contribution in [3.63, 3.8) is 0 Å². The van der Waals surface area contributed by atoms with Crippen molar-refractivity contribution in [1.29, 1.82) is 0 Å². The summed E-state index contributed by atoms with van der Waals surface area (Å²) in [5.41, 5.74) is 8.96. The van der Waals surface area contributed by atoms with Gasteiger partial charge in [0.1, 0.15) is 0 Å². The van der Waals surface area contributed by atoms with E-state index in [1.165, 1.54) is 0 Å². The minimum atomic E-state index is 0.0334. The third kappa shape index (κ3) is 3.78. The Kier molecular flexibility index (Phi) is 4.08. The minimum absolute atomic E-state index is 0.0334. The lowest BCUT2D eigenvalue weighted by Crippen LogP contribution is -2.16. The molecule has 6 heteroatoms. The monoisotopic (exact) mass is 184 g/mol. The van der Waals surface area contributed by atoms with E-state index >= 15 is 0 Å². The number of hydrogen-bond donors (Lipinski definition) is 0. The summed E-state index contributed by atoms with van der Waals surface area (Å²) in [4.78, 5) is 7.64. The Hall–Kier alpha value is -1.26. The summed E-state index contributed by atoms with van der Waals surface area (Å²) in [5.74, 6) is 0. The first-order chi connectivity index (χ1) is 6.33. The molecule has 0 fully saturated rings. The van der Waals surface area contributed by atoms with E-state index < -0.39 is 0 Å². The van der Waals surface area contributed by atoms with Crippen molar-refractivity contribution in [1.82, 2.24) is 0 Å². The molecule has 0 aromatic carbocycles. The van der Waals surface area contributed by atoms with Crippen molar-refractivity contribution in [3.8, 4) is 0 Å². The fraction of sp³-hybridized carbons (Fsp3) is 0.857. The van der Waals surface area contributed by atoms with Crippen LogP contribution in [0.25, 0.3) is 10.4 Å². The average Bonchev–Trinajstić information content (AvgIpc) is 2.51. The highest BCUT2D eigenvalue weighted by Crippen LogP contribution is 2.09. The van der Waals surface area contributed by atoms with Crippen LogP contribution in [0.15, 0.2) is 10.3 Å². The van der Waals surface area contributed by atoms with Crippen LogP contribution in [0, 0.1) is 0 Å². The van der Waals surface area contributed by atoms with Gasteiger partial charge in [-0.1, -0.05) is 10.3 Å². The van der Waals surface area contributed by atoms with Crippen molar-refractivity contribution in [3.05, 3.63) is 10.4 Å². The summed E-state index contributed by atoms with van der Waals surface area (Å²) >= 11 is 0. The highest BCUT2D eigenvalue weighted by Gasteiger charge is 2.17. The van der Waals surface area contributed by atoms with E-state index in [1.54, 1.807) is 0 Å². The van der Waals surface area contributed by atoms with E-state index in [2.05, 4.69) is 15.2 Å². The fourth-order valence-corrected chi connectivity index (χ4v) is 1.02. The van der Waals surface area contributed by atoms with Crippen LogP contribution in [0.2, 0.25) is 0 Å². The smallest absolute Gasteiger partial charge is 0.156 e. The van der Waals surface area contributed by atoms with Crippen LogP contribution in [-0.2, 0) is 9.57 Å². The zero-order valence-electron chi connectivity index (χ0n) is 7.51. The molecule has 0 saturated carbocycles. The number of rotatable bonds is 5. The second-order valence-corrected chi connectivity index (χ2v) is 2.79. The van der Waals surface area contributed by atoms with E-state index in [9.17, 15) is 0 Å². The third-order valence-electron chi connectivity index (χ3n) is 1.58. The average molecular weight is 184 g/mol. The molecular formula is C7H12N4O2. The van der Waals surface area contributed by atoms with Crippen molar-refractivity contribution in [2.45, 2.75) is 19.4 Å². The lowest BCUT2D eigenvalue weighted by Gasteiger charge is -2.07. The van der Waals surface area contributed by atoms with E-state index in [0.717, 1.165) is 12.1 Å². The maximum atomic E-state index is 7.97. The molecule has 0 bridgehead atoms. The first-order valence-electron chi connectivity index (χ1n) is 4.11. The standard InChI is InChI=1S/C7H12N4O2/c1-6-4-7(13-10-6)5-12-3-2-9-11-8/h7H,2-5H2,1H3. The predicted molar refractivity (Wildman–Crippen MR) is 47.4 cm³/mol. The van der Waals surface area contributed by atoms with Gasteiger partial charge in [-0.15, -0.1) is 0 Å². The second kappa shape index (κ2) is 5.40. The van der Waals surface area contributed by atoms with E-state index in [4.69, 9.17) is 15.1 Å². The molecule has 1 rings (SSSR count). The Morgan fingerprint density at radius 2 is 2.69 bits per heavy atom. The van der Waals surface area contributed by atoms with Gasteiger partial charge in [0.05, 0.1) is 18.9 Å². The van der Waals surface area contributed by atoms with Crippen molar-refractivity contribution in [2.75, 3.05) is 19.8 Å². The Balaban J connectivity index is 1.98. The van der Waals surface area contributed by atoms with Gasteiger partial charge in [0.2, 0.25) is 0 Å². The first kappa shape index (κ1) is 9.83. The van der Waals surface area contributed by atoms with Gasteiger partial charge in [-0.25, -0.2) is 0 Å². The molecule has 1 unspecified atom stereocenters. The molecule has 0 radical (unpaired) electrons. The summed E-state index contributed by atoms with van der Waals surface area (Å²) in [5, 5.41) is 7.12. The fourth-order valence-electron chi connectivity index (χ4n) is 1.02. The van der Waals surface area contributed by atoms with Crippen LogP contribution in [0.4, 0.5) is 0 Å². The maximum absolute atomic E-state index is 7.97. The van der Waals surface area contributed by atoms with Gasteiger partial charge in [0, 0.05) is 17.9 Å². The van der Waals surface area contributed by atoms with Gasteiger partial charge in [-0.05, 0) is 12.5 Å². The SMILES string of the molecule is CC1=NOC(COCCN=[N+]=[N-])C1. The van der Waals surface area contributed by atoms with Crippen LogP contribution in [0.3, 0.4) is 0 Å². The van der Waals surface area contributed by atoms with Crippen LogP contribution < -0.4 is 0 Å². The highest BCUT2D eigenvalue weighted by atomic mass is 16.7. The summed E-state index contributed by atoms with van der Waals surface area (Å²) < 4.78 is 5.20. The van der Waals surface area contributed by atoms with Crippen LogP contribution in [0.1, 0.15) is 13.3 Å². The first-order valence-corrected chi connectivity index (χ1v) is 4.11. The summed E-state index contributed by atoms with van der Waals surface area (Å²) in [6.45, 7) is 3.22. The van der Waals surface area contributed by atoms with Gasteiger partial charge in [-0.3, -0.25) is 0 Å². The molecule has 72 valence electrons. The molecule has 0 N–H and O–H groups in total. The zero-order valence-corrected chi connectivity index (χ0v) is 7.51.